The van der Waals surface area contributed by atoms with Gasteiger partial charge in [-0.05, 0) is 35.4 Å². The Morgan fingerprint density at radius 2 is 1.46 bits per heavy atom. The summed E-state index contributed by atoms with van der Waals surface area (Å²) in [5.41, 5.74) is -0.0102. The third-order valence-electron chi connectivity index (χ3n) is 4.88. The van der Waals surface area contributed by atoms with E-state index in [1.54, 1.807) is 78.9 Å². The molecule has 0 aromatic heterocycles. The van der Waals surface area contributed by atoms with E-state index in [1.165, 1.54) is 6.08 Å². The zero-order valence-electron chi connectivity index (χ0n) is 15.2. The van der Waals surface area contributed by atoms with Gasteiger partial charge in [0, 0.05) is 5.02 Å². The first-order valence-electron chi connectivity index (χ1n) is 8.79. The molecule has 0 unspecified atom stereocenters. The molecule has 3 nitrogen and oxygen atoms in total. The van der Waals surface area contributed by atoms with Gasteiger partial charge in [0.2, 0.25) is 0 Å². The molecule has 0 radical (unpaired) electrons. The first kappa shape index (κ1) is 20.3. The second-order valence-electron chi connectivity index (χ2n) is 6.64. The monoisotopic (exact) mass is 412 g/mol. The number of aliphatic hydroxyl groups is 1. The molecule has 0 heterocycles. The summed E-state index contributed by atoms with van der Waals surface area (Å²) in [7, 11) is -3.71. The molecule has 5 heteroatoms. The molecular weight excluding hydrogens is 392 g/mol. The summed E-state index contributed by atoms with van der Waals surface area (Å²) < 4.78 is 26.4. The van der Waals surface area contributed by atoms with Gasteiger partial charge in [-0.1, -0.05) is 78.3 Å². The van der Waals surface area contributed by atoms with E-state index >= 15 is 0 Å². The molecule has 0 saturated carbocycles. The van der Waals surface area contributed by atoms with Crippen molar-refractivity contribution in [2.75, 3.05) is 5.75 Å². The van der Waals surface area contributed by atoms with E-state index in [0.29, 0.717) is 16.1 Å². The zero-order valence-corrected chi connectivity index (χ0v) is 16.8. The fraction of sp³-hybridized carbons (Fsp3) is 0.130. The predicted molar refractivity (Wildman–Crippen MR) is 113 cm³/mol. The topological polar surface area (TPSA) is 54.4 Å². The fourth-order valence-corrected chi connectivity index (χ4v) is 5.26. The largest absolute Gasteiger partial charge is 0.387 e. The Labute approximate surface area is 170 Å². The number of hydrogen-bond donors (Lipinski definition) is 1. The number of benzene rings is 3. The minimum absolute atomic E-state index is 0.204. The van der Waals surface area contributed by atoms with Crippen LogP contribution < -0.4 is 0 Å². The van der Waals surface area contributed by atoms with Crippen LogP contribution in [0.4, 0.5) is 0 Å². The molecule has 0 aliphatic carbocycles. The Bertz CT molecular complexity index is 1030. The van der Waals surface area contributed by atoms with E-state index in [2.05, 4.69) is 6.58 Å². The smallest absolute Gasteiger partial charge is 0.179 e. The van der Waals surface area contributed by atoms with Crippen molar-refractivity contribution < 1.29 is 13.5 Å². The lowest BCUT2D eigenvalue weighted by Crippen LogP contribution is -2.39. The molecule has 1 N–H and O–H groups in total. The Kier molecular flexibility index (Phi) is 6.04. The van der Waals surface area contributed by atoms with Gasteiger partial charge in [0.05, 0.1) is 22.2 Å². The summed E-state index contributed by atoms with van der Waals surface area (Å²) in [5.74, 6) is -0.328. The molecule has 0 amide bonds. The Balaban J connectivity index is 2.16. The number of rotatable bonds is 7. The summed E-state index contributed by atoms with van der Waals surface area (Å²) in [6.07, 6.45) is 0.417. The molecule has 0 spiro atoms. The van der Waals surface area contributed by atoms with E-state index in [4.69, 9.17) is 11.6 Å². The standard InChI is InChI=1S/C23H21ClO3S/c1-2-23(19-13-15-20(24)16-14-19,22(25)18-9-5-3-6-10-18)17-28(26,27)21-11-7-4-8-12-21/h2-16,22,25H,1,17H2/t22-,23+/m1/s1. The molecule has 3 aromatic rings. The van der Waals surface area contributed by atoms with Crippen LogP contribution in [0, 0.1) is 0 Å². The van der Waals surface area contributed by atoms with E-state index in [0.717, 1.165) is 0 Å². The molecule has 0 saturated heterocycles. The van der Waals surface area contributed by atoms with Gasteiger partial charge in [-0.3, -0.25) is 0 Å². The van der Waals surface area contributed by atoms with Crippen LogP contribution in [0.15, 0.2) is 102 Å². The molecule has 3 rings (SSSR count). The van der Waals surface area contributed by atoms with E-state index in [-0.39, 0.29) is 10.6 Å². The maximum absolute atomic E-state index is 13.2. The lowest BCUT2D eigenvalue weighted by atomic mass is 9.75. The quantitative estimate of drug-likeness (QED) is 0.557. The molecule has 0 bridgehead atoms. The average Bonchev–Trinajstić information content (AvgIpc) is 2.73. The summed E-state index contributed by atoms with van der Waals surface area (Å²) in [4.78, 5) is 0.204. The van der Waals surface area contributed by atoms with Crippen molar-refractivity contribution >= 4 is 21.4 Å². The van der Waals surface area contributed by atoms with Gasteiger partial charge < -0.3 is 5.11 Å². The molecule has 0 fully saturated rings. The van der Waals surface area contributed by atoms with Crippen molar-refractivity contribution in [3.05, 3.63) is 114 Å². The van der Waals surface area contributed by atoms with E-state index in [9.17, 15) is 13.5 Å². The SMILES string of the molecule is C=C[C@](CS(=O)(=O)c1ccccc1)(c1ccc(Cl)cc1)[C@H](O)c1ccccc1. The van der Waals surface area contributed by atoms with Crippen LogP contribution in [0.25, 0.3) is 0 Å². The molecule has 0 aliphatic heterocycles. The van der Waals surface area contributed by atoms with Gasteiger partial charge in [0.25, 0.3) is 0 Å². The van der Waals surface area contributed by atoms with Crippen LogP contribution in [-0.2, 0) is 15.3 Å². The number of halogens is 1. The van der Waals surface area contributed by atoms with E-state index < -0.39 is 21.4 Å². The molecule has 28 heavy (non-hydrogen) atoms. The maximum atomic E-state index is 13.2. The first-order chi connectivity index (χ1) is 13.4. The van der Waals surface area contributed by atoms with Gasteiger partial charge in [0.15, 0.2) is 9.84 Å². The fourth-order valence-electron chi connectivity index (χ4n) is 3.33. The van der Waals surface area contributed by atoms with Crippen molar-refractivity contribution in [2.45, 2.75) is 16.4 Å². The third-order valence-corrected chi connectivity index (χ3v) is 6.98. The van der Waals surface area contributed by atoms with Crippen molar-refractivity contribution in [2.24, 2.45) is 0 Å². The van der Waals surface area contributed by atoms with Crippen LogP contribution in [0.2, 0.25) is 5.02 Å². The highest BCUT2D eigenvalue weighted by atomic mass is 35.5. The summed E-state index contributed by atoms with van der Waals surface area (Å²) in [6.45, 7) is 3.90. The van der Waals surface area contributed by atoms with Gasteiger partial charge in [-0.15, -0.1) is 6.58 Å². The highest BCUT2D eigenvalue weighted by Crippen LogP contribution is 2.41. The molecular formula is C23H21ClO3S. The Morgan fingerprint density at radius 1 is 0.929 bits per heavy atom. The molecule has 2 atom stereocenters. The van der Waals surface area contributed by atoms with E-state index in [1.807, 2.05) is 6.07 Å². The number of sulfone groups is 1. The van der Waals surface area contributed by atoms with Crippen molar-refractivity contribution in [1.29, 1.82) is 0 Å². The van der Waals surface area contributed by atoms with Crippen LogP contribution in [-0.4, -0.2) is 19.3 Å². The lowest BCUT2D eigenvalue weighted by molar-refractivity contribution is 0.117. The Hall–Kier alpha value is -2.40. The number of aliphatic hydroxyl groups excluding tert-OH is 1. The average molecular weight is 413 g/mol. The van der Waals surface area contributed by atoms with Crippen LogP contribution in [0.5, 0.6) is 0 Å². The van der Waals surface area contributed by atoms with Crippen molar-refractivity contribution in [3.8, 4) is 0 Å². The molecule has 144 valence electrons. The first-order valence-corrected chi connectivity index (χ1v) is 10.8. The Morgan fingerprint density at radius 3 is 2.00 bits per heavy atom. The minimum atomic E-state index is -3.71. The summed E-state index contributed by atoms with van der Waals surface area (Å²) >= 11 is 6.02. The van der Waals surface area contributed by atoms with Crippen molar-refractivity contribution in [1.82, 2.24) is 0 Å². The minimum Gasteiger partial charge on any atom is -0.387 e. The van der Waals surface area contributed by atoms with Gasteiger partial charge >= 0.3 is 0 Å². The van der Waals surface area contributed by atoms with Gasteiger partial charge in [0.1, 0.15) is 0 Å². The van der Waals surface area contributed by atoms with Crippen LogP contribution >= 0.6 is 11.6 Å². The summed E-state index contributed by atoms with van der Waals surface area (Å²) in [6, 6.07) is 24.1. The lowest BCUT2D eigenvalue weighted by Gasteiger charge is -2.36. The van der Waals surface area contributed by atoms with Gasteiger partial charge in [-0.2, -0.15) is 0 Å². The normalized spacial score (nSPS) is 14.8. The molecule has 0 aliphatic rings. The third kappa shape index (κ3) is 4.04. The van der Waals surface area contributed by atoms with Crippen LogP contribution in [0.1, 0.15) is 17.2 Å². The second kappa shape index (κ2) is 8.31. The molecule has 3 aromatic carbocycles. The predicted octanol–water partition coefficient (Wildman–Crippen LogP) is 4.97. The second-order valence-corrected chi connectivity index (χ2v) is 9.06. The van der Waals surface area contributed by atoms with Crippen molar-refractivity contribution in [3.63, 3.8) is 0 Å². The number of hydrogen-bond acceptors (Lipinski definition) is 3. The van der Waals surface area contributed by atoms with Gasteiger partial charge in [-0.25, -0.2) is 8.42 Å². The van der Waals surface area contributed by atoms with Crippen LogP contribution in [0.3, 0.4) is 0 Å². The highest BCUT2D eigenvalue weighted by Gasteiger charge is 2.42. The zero-order chi connectivity index (χ0) is 20.2. The highest BCUT2D eigenvalue weighted by molar-refractivity contribution is 7.91. The maximum Gasteiger partial charge on any atom is 0.179 e. The summed E-state index contributed by atoms with van der Waals surface area (Å²) in [5, 5.41) is 11.8.